The van der Waals surface area contributed by atoms with Gasteiger partial charge in [-0.1, -0.05) is 6.92 Å². The zero-order chi connectivity index (χ0) is 12.3. The normalized spacial score (nSPS) is 10.8. The molecule has 0 saturated carbocycles. The molecule has 2 N–H and O–H groups in total. The Hall–Kier alpha value is -0.950. The van der Waals surface area contributed by atoms with Crippen LogP contribution < -0.4 is 5.73 Å². The zero-order valence-electron chi connectivity index (χ0n) is 8.84. The van der Waals surface area contributed by atoms with E-state index in [0.29, 0.717) is 17.8 Å². The molecule has 3 nitrogen and oxygen atoms in total. The Kier molecular flexibility index (Phi) is 5.77. The third-order valence-electron chi connectivity index (χ3n) is 1.76. The fourth-order valence-corrected chi connectivity index (χ4v) is 1.89. The third kappa shape index (κ3) is 3.78. The van der Waals surface area contributed by atoms with Crippen LogP contribution in [0, 0.1) is 0 Å². The molecule has 0 aliphatic heterocycles. The second kappa shape index (κ2) is 6.11. The Balaban J connectivity index is 0.00000256. The van der Waals surface area contributed by atoms with Crippen LogP contribution in [0.4, 0.5) is 18.9 Å². The van der Waals surface area contributed by atoms with Crippen LogP contribution in [0.2, 0.25) is 0 Å². The maximum Gasteiger partial charge on any atom is 0.419 e. The fourth-order valence-electron chi connectivity index (χ4n) is 1.01. The summed E-state index contributed by atoms with van der Waals surface area (Å²) in [5.74, 6) is -0.806. The number of nitrogen functional groups attached to an aromatic ring is 1. The summed E-state index contributed by atoms with van der Waals surface area (Å²) in [6, 6.07) is 0. The van der Waals surface area contributed by atoms with E-state index in [1.165, 1.54) is 0 Å². The molecule has 0 aliphatic rings. The van der Waals surface area contributed by atoms with E-state index in [9.17, 15) is 18.0 Å². The first kappa shape index (κ1) is 16.1. The molecule has 1 aromatic heterocycles. The van der Waals surface area contributed by atoms with Gasteiger partial charge in [-0.05, 0) is 6.42 Å². The number of anilines is 1. The molecule has 1 aromatic rings. The number of thiophene rings is 1. The maximum atomic E-state index is 12.4. The fraction of sp³-hybridized carbons (Fsp3) is 0.444. The first-order chi connectivity index (χ1) is 7.38. The number of hydrogen-bond acceptors (Lipinski definition) is 4. The Morgan fingerprint density at radius 3 is 2.53 bits per heavy atom. The molecule has 0 bridgehead atoms. The number of hydrogen-bond donors (Lipinski definition) is 1. The van der Waals surface area contributed by atoms with E-state index < -0.39 is 23.4 Å². The minimum atomic E-state index is -4.54. The molecule has 0 radical (unpaired) electrons. The van der Waals surface area contributed by atoms with Crippen molar-refractivity contribution in [3.8, 4) is 0 Å². The van der Waals surface area contributed by atoms with Gasteiger partial charge < -0.3 is 10.5 Å². The summed E-state index contributed by atoms with van der Waals surface area (Å²) in [5, 5.41) is 0.817. The number of halogens is 4. The van der Waals surface area contributed by atoms with Crippen molar-refractivity contribution in [2.24, 2.45) is 0 Å². The van der Waals surface area contributed by atoms with E-state index in [1.54, 1.807) is 6.92 Å². The van der Waals surface area contributed by atoms with E-state index in [0.717, 1.165) is 5.38 Å². The second-order valence-corrected chi connectivity index (χ2v) is 3.91. The lowest BCUT2D eigenvalue weighted by molar-refractivity contribution is -0.136. The number of rotatable bonds is 3. The molecule has 0 spiro atoms. The summed E-state index contributed by atoms with van der Waals surface area (Å²) in [4.78, 5) is 11.1. The topological polar surface area (TPSA) is 52.3 Å². The number of carbonyl (C=O) groups is 1. The van der Waals surface area contributed by atoms with Crippen molar-refractivity contribution in [1.29, 1.82) is 0 Å². The van der Waals surface area contributed by atoms with Gasteiger partial charge in [0.15, 0.2) is 0 Å². The van der Waals surface area contributed by atoms with E-state index >= 15 is 0 Å². The van der Waals surface area contributed by atoms with Gasteiger partial charge in [0.05, 0.1) is 17.9 Å². The highest BCUT2D eigenvalue weighted by Crippen LogP contribution is 2.38. The van der Waals surface area contributed by atoms with Gasteiger partial charge in [-0.15, -0.1) is 23.7 Å². The van der Waals surface area contributed by atoms with Crippen LogP contribution in [0.15, 0.2) is 5.38 Å². The van der Waals surface area contributed by atoms with Crippen LogP contribution in [-0.2, 0) is 10.9 Å². The van der Waals surface area contributed by atoms with Crippen molar-refractivity contribution in [1.82, 2.24) is 0 Å². The standard InChI is InChI=1S/C9H10F3NO2S.ClH/c1-2-3-15-8(14)7-6(13)5(4-16-7)9(10,11)12;/h4H,2-3,13H2,1H3;1H. The predicted molar refractivity (Wildman–Crippen MR) is 61.6 cm³/mol. The summed E-state index contributed by atoms with van der Waals surface area (Å²) >= 11 is 0.642. The lowest BCUT2D eigenvalue weighted by atomic mass is 10.2. The van der Waals surface area contributed by atoms with Gasteiger partial charge in [0, 0.05) is 5.38 Å². The van der Waals surface area contributed by atoms with Gasteiger partial charge in [0.2, 0.25) is 0 Å². The summed E-state index contributed by atoms with van der Waals surface area (Å²) in [6.07, 6.45) is -3.94. The van der Waals surface area contributed by atoms with Crippen LogP contribution in [-0.4, -0.2) is 12.6 Å². The highest BCUT2D eigenvalue weighted by Gasteiger charge is 2.36. The van der Waals surface area contributed by atoms with Crippen LogP contribution in [0.3, 0.4) is 0 Å². The Morgan fingerprint density at radius 2 is 2.12 bits per heavy atom. The highest BCUT2D eigenvalue weighted by molar-refractivity contribution is 7.12. The van der Waals surface area contributed by atoms with Gasteiger partial charge in [-0.3, -0.25) is 0 Å². The molecule has 98 valence electrons. The van der Waals surface area contributed by atoms with Crippen LogP contribution >= 0.6 is 23.7 Å². The van der Waals surface area contributed by atoms with Crippen molar-refractivity contribution >= 4 is 35.4 Å². The van der Waals surface area contributed by atoms with Crippen molar-refractivity contribution in [3.63, 3.8) is 0 Å². The lowest BCUT2D eigenvalue weighted by Crippen LogP contribution is -2.10. The Labute approximate surface area is 106 Å². The minimum Gasteiger partial charge on any atom is -0.461 e. The molecule has 0 aliphatic carbocycles. The predicted octanol–water partition coefficient (Wildman–Crippen LogP) is 3.34. The van der Waals surface area contributed by atoms with Crippen LogP contribution in [0.5, 0.6) is 0 Å². The number of nitrogens with two attached hydrogens (primary N) is 1. The van der Waals surface area contributed by atoms with Crippen molar-refractivity contribution in [3.05, 3.63) is 15.8 Å². The van der Waals surface area contributed by atoms with E-state index in [1.807, 2.05) is 0 Å². The van der Waals surface area contributed by atoms with Gasteiger partial charge in [-0.25, -0.2) is 4.79 Å². The minimum absolute atomic E-state index is 0. The maximum absolute atomic E-state index is 12.4. The molecule has 1 rings (SSSR count). The molecule has 0 amide bonds. The molecule has 1 heterocycles. The van der Waals surface area contributed by atoms with E-state index in [4.69, 9.17) is 10.5 Å². The first-order valence-electron chi connectivity index (χ1n) is 4.49. The van der Waals surface area contributed by atoms with Crippen molar-refractivity contribution in [2.75, 3.05) is 12.3 Å². The van der Waals surface area contributed by atoms with Crippen LogP contribution in [0.1, 0.15) is 28.6 Å². The number of carbonyl (C=O) groups excluding carboxylic acids is 1. The molecule has 0 aromatic carbocycles. The number of esters is 1. The zero-order valence-corrected chi connectivity index (χ0v) is 10.5. The third-order valence-corrected chi connectivity index (χ3v) is 2.73. The van der Waals surface area contributed by atoms with Crippen LogP contribution in [0.25, 0.3) is 0 Å². The summed E-state index contributed by atoms with van der Waals surface area (Å²) < 4.78 is 41.8. The van der Waals surface area contributed by atoms with Crippen molar-refractivity contribution in [2.45, 2.75) is 19.5 Å². The molecule has 0 fully saturated rings. The number of alkyl halides is 3. The molecule has 0 atom stereocenters. The first-order valence-corrected chi connectivity index (χ1v) is 5.37. The quantitative estimate of drug-likeness (QED) is 0.868. The molecular weight excluding hydrogens is 279 g/mol. The van der Waals surface area contributed by atoms with Gasteiger partial charge >= 0.3 is 12.1 Å². The second-order valence-electron chi connectivity index (χ2n) is 3.03. The summed E-state index contributed by atoms with van der Waals surface area (Å²) in [5.41, 5.74) is 3.71. The van der Waals surface area contributed by atoms with Gasteiger partial charge in [0.1, 0.15) is 4.88 Å². The Bertz CT molecular complexity index is 392. The molecular formula is C9H11ClF3NO2S. The van der Waals surface area contributed by atoms with Crippen molar-refractivity contribution < 1.29 is 22.7 Å². The monoisotopic (exact) mass is 289 g/mol. The molecule has 8 heteroatoms. The highest BCUT2D eigenvalue weighted by atomic mass is 35.5. The molecule has 0 unspecified atom stereocenters. The lowest BCUT2D eigenvalue weighted by Gasteiger charge is -2.05. The van der Waals surface area contributed by atoms with E-state index in [-0.39, 0.29) is 23.9 Å². The van der Waals surface area contributed by atoms with Gasteiger partial charge in [-0.2, -0.15) is 13.2 Å². The SMILES string of the molecule is CCCOC(=O)c1scc(C(F)(F)F)c1N.Cl. The molecule has 17 heavy (non-hydrogen) atoms. The summed E-state index contributed by atoms with van der Waals surface area (Å²) in [6.45, 7) is 1.95. The summed E-state index contributed by atoms with van der Waals surface area (Å²) in [7, 11) is 0. The largest absolute Gasteiger partial charge is 0.461 e. The smallest absolute Gasteiger partial charge is 0.419 e. The average molecular weight is 290 g/mol. The van der Waals surface area contributed by atoms with E-state index in [2.05, 4.69) is 0 Å². The number of ether oxygens (including phenoxy) is 1. The van der Waals surface area contributed by atoms with Gasteiger partial charge in [0.25, 0.3) is 0 Å². The Morgan fingerprint density at radius 1 is 1.53 bits per heavy atom. The average Bonchev–Trinajstić information content (AvgIpc) is 2.56. The molecule has 0 saturated heterocycles.